The molecule has 0 amide bonds. The number of aryl methyl sites for hydroxylation is 1. The van der Waals surface area contributed by atoms with Gasteiger partial charge in [-0.25, -0.2) is 13.8 Å². The number of nitrogens with zero attached hydrogens (tertiary/aromatic N) is 1. The molecule has 0 radical (unpaired) electrons. The second kappa shape index (κ2) is 5.20. The zero-order valence-electron chi connectivity index (χ0n) is 9.27. The lowest BCUT2D eigenvalue weighted by molar-refractivity contribution is 0.586. The number of anilines is 2. The van der Waals surface area contributed by atoms with E-state index in [0.717, 1.165) is 22.2 Å². The number of halogens is 4. The van der Waals surface area contributed by atoms with E-state index in [4.69, 9.17) is 11.6 Å². The second-order valence-corrected chi connectivity index (χ2v) is 5.01. The smallest absolute Gasteiger partial charge is 0.151 e. The fourth-order valence-corrected chi connectivity index (χ4v) is 2.14. The maximum Gasteiger partial charge on any atom is 0.151 e. The van der Waals surface area contributed by atoms with E-state index in [1.54, 1.807) is 6.20 Å². The number of rotatable bonds is 2. The molecule has 2 rings (SSSR count). The highest BCUT2D eigenvalue weighted by Gasteiger charge is 2.11. The van der Waals surface area contributed by atoms with Gasteiger partial charge in [0, 0.05) is 16.7 Å². The molecule has 94 valence electrons. The van der Waals surface area contributed by atoms with Crippen molar-refractivity contribution in [2.45, 2.75) is 6.92 Å². The molecule has 0 aliphatic rings. The third-order valence-electron chi connectivity index (χ3n) is 2.30. The van der Waals surface area contributed by atoms with Crippen molar-refractivity contribution in [2.75, 3.05) is 5.32 Å². The Hall–Kier alpha value is -1.20. The van der Waals surface area contributed by atoms with Crippen LogP contribution in [0.3, 0.4) is 0 Å². The van der Waals surface area contributed by atoms with Crippen LogP contribution in [0.15, 0.2) is 28.9 Å². The standard InChI is InChI=1S/C12H8BrClF2N2/c1-6-2-7(13)5-17-12(6)18-11-9(14)3-8(15)4-10(11)16/h2-5H,1H3,(H,17,18). The molecule has 6 heteroatoms. The van der Waals surface area contributed by atoms with Crippen LogP contribution in [0.5, 0.6) is 0 Å². The molecule has 0 spiro atoms. The Bertz CT molecular complexity index is 582. The predicted molar refractivity (Wildman–Crippen MR) is 71.3 cm³/mol. The fourth-order valence-electron chi connectivity index (χ4n) is 1.45. The number of benzene rings is 1. The first kappa shape index (κ1) is 13.2. The van der Waals surface area contributed by atoms with Crippen LogP contribution in [0.4, 0.5) is 20.3 Å². The number of nitrogens with one attached hydrogen (secondary N) is 1. The Labute approximate surface area is 116 Å². The molecule has 0 fully saturated rings. The van der Waals surface area contributed by atoms with E-state index in [9.17, 15) is 8.78 Å². The molecule has 1 aromatic heterocycles. The van der Waals surface area contributed by atoms with Crippen molar-refractivity contribution in [1.29, 1.82) is 0 Å². The number of pyridine rings is 1. The SMILES string of the molecule is Cc1cc(Br)cnc1Nc1c(F)cc(F)cc1Cl. The quantitative estimate of drug-likeness (QED) is 0.851. The van der Waals surface area contributed by atoms with Gasteiger partial charge in [0.2, 0.25) is 0 Å². The van der Waals surface area contributed by atoms with Crippen molar-refractivity contribution in [1.82, 2.24) is 4.98 Å². The molecular weight excluding hydrogens is 325 g/mol. The predicted octanol–water partition coefficient (Wildman–Crippen LogP) is 4.83. The molecule has 0 saturated heterocycles. The first-order valence-corrected chi connectivity index (χ1v) is 6.18. The summed E-state index contributed by atoms with van der Waals surface area (Å²) in [4.78, 5) is 4.10. The lowest BCUT2D eigenvalue weighted by Gasteiger charge is -2.11. The summed E-state index contributed by atoms with van der Waals surface area (Å²) in [7, 11) is 0. The summed E-state index contributed by atoms with van der Waals surface area (Å²) >= 11 is 9.07. The van der Waals surface area contributed by atoms with E-state index < -0.39 is 11.6 Å². The lowest BCUT2D eigenvalue weighted by Crippen LogP contribution is -2.00. The van der Waals surface area contributed by atoms with Crippen molar-refractivity contribution < 1.29 is 8.78 Å². The maximum atomic E-state index is 13.6. The highest BCUT2D eigenvalue weighted by molar-refractivity contribution is 9.10. The molecule has 2 nitrogen and oxygen atoms in total. The second-order valence-electron chi connectivity index (χ2n) is 3.69. The van der Waals surface area contributed by atoms with Gasteiger partial charge in [-0.3, -0.25) is 0 Å². The number of hydrogen-bond acceptors (Lipinski definition) is 2. The van der Waals surface area contributed by atoms with Gasteiger partial charge < -0.3 is 5.32 Å². The van der Waals surface area contributed by atoms with Crippen molar-refractivity contribution in [2.24, 2.45) is 0 Å². The lowest BCUT2D eigenvalue weighted by atomic mass is 10.2. The Morgan fingerprint density at radius 1 is 1.28 bits per heavy atom. The van der Waals surface area contributed by atoms with Crippen LogP contribution < -0.4 is 5.32 Å². The summed E-state index contributed by atoms with van der Waals surface area (Å²) in [6, 6.07) is 3.63. The molecular formula is C12H8BrClF2N2. The van der Waals surface area contributed by atoms with Crippen LogP contribution in [0.2, 0.25) is 5.02 Å². The van der Waals surface area contributed by atoms with Gasteiger partial charge in [-0.15, -0.1) is 0 Å². The Morgan fingerprint density at radius 2 is 2.00 bits per heavy atom. The molecule has 18 heavy (non-hydrogen) atoms. The minimum Gasteiger partial charge on any atom is -0.336 e. The van der Waals surface area contributed by atoms with E-state index >= 15 is 0 Å². The highest BCUT2D eigenvalue weighted by Crippen LogP contribution is 2.30. The van der Waals surface area contributed by atoms with Gasteiger partial charge in [-0.05, 0) is 40.5 Å². The van der Waals surface area contributed by atoms with Crippen molar-refractivity contribution in [3.8, 4) is 0 Å². The van der Waals surface area contributed by atoms with E-state index in [1.807, 2.05) is 13.0 Å². The van der Waals surface area contributed by atoms with E-state index in [0.29, 0.717) is 5.82 Å². The van der Waals surface area contributed by atoms with Crippen LogP contribution in [0, 0.1) is 18.6 Å². The molecule has 2 aromatic rings. The minimum atomic E-state index is -0.760. The van der Waals surface area contributed by atoms with Crippen LogP contribution in [0.25, 0.3) is 0 Å². The molecule has 1 heterocycles. The van der Waals surface area contributed by atoms with Gasteiger partial charge in [0.15, 0.2) is 5.82 Å². The van der Waals surface area contributed by atoms with Gasteiger partial charge in [-0.1, -0.05) is 11.6 Å². The topological polar surface area (TPSA) is 24.9 Å². The third kappa shape index (κ3) is 2.79. The monoisotopic (exact) mass is 332 g/mol. The van der Waals surface area contributed by atoms with Gasteiger partial charge in [0.05, 0.1) is 10.7 Å². The molecule has 0 aliphatic heterocycles. The van der Waals surface area contributed by atoms with Crippen molar-refractivity contribution in [3.63, 3.8) is 0 Å². The van der Waals surface area contributed by atoms with Gasteiger partial charge in [0.25, 0.3) is 0 Å². The summed E-state index contributed by atoms with van der Waals surface area (Å²) in [5.41, 5.74) is 0.820. The van der Waals surface area contributed by atoms with Crippen molar-refractivity contribution in [3.05, 3.63) is 51.1 Å². The van der Waals surface area contributed by atoms with E-state index in [2.05, 4.69) is 26.2 Å². The molecule has 0 atom stereocenters. The van der Waals surface area contributed by atoms with Crippen LogP contribution in [-0.2, 0) is 0 Å². The van der Waals surface area contributed by atoms with Crippen molar-refractivity contribution >= 4 is 39.0 Å². The third-order valence-corrected chi connectivity index (χ3v) is 3.03. The Kier molecular flexibility index (Phi) is 3.82. The maximum absolute atomic E-state index is 13.6. The molecule has 0 saturated carbocycles. The largest absolute Gasteiger partial charge is 0.336 e. The first-order valence-electron chi connectivity index (χ1n) is 5.01. The van der Waals surface area contributed by atoms with Crippen LogP contribution in [0.1, 0.15) is 5.56 Å². The summed E-state index contributed by atoms with van der Waals surface area (Å²) in [6.45, 7) is 1.81. The van der Waals surface area contributed by atoms with Gasteiger partial charge in [-0.2, -0.15) is 0 Å². The van der Waals surface area contributed by atoms with E-state index in [1.165, 1.54) is 0 Å². The average molecular weight is 334 g/mol. The minimum absolute atomic E-state index is 0.0102. The molecule has 1 N–H and O–H groups in total. The summed E-state index contributed by atoms with van der Waals surface area (Å²) in [5, 5.41) is 2.73. The summed E-state index contributed by atoms with van der Waals surface area (Å²) in [5.74, 6) is -1.02. The normalized spacial score (nSPS) is 10.5. The zero-order chi connectivity index (χ0) is 13.3. The van der Waals surface area contributed by atoms with Gasteiger partial charge in [0.1, 0.15) is 11.6 Å². The molecule has 1 aromatic carbocycles. The van der Waals surface area contributed by atoms with Crippen LogP contribution >= 0.6 is 27.5 Å². The zero-order valence-corrected chi connectivity index (χ0v) is 11.6. The average Bonchev–Trinajstić information content (AvgIpc) is 2.25. The first-order chi connectivity index (χ1) is 8.47. The van der Waals surface area contributed by atoms with Gasteiger partial charge >= 0.3 is 0 Å². The van der Waals surface area contributed by atoms with Crippen LogP contribution in [-0.4, -0.2) is 4.98 Å². The Balaban J connectivity index is 2.40. The highest BCUT2D eigenvalue weighted by atomic mass is 79.9. The Morgan fingerprint density at radius 3 is 2.61 bits per heavy atom. The summed E-state index contributed by atoms with van der Waals surface area (Å²) in [6.07, 6.45) is 1.57. The molecule has 0 bridgehead atoms. The summed E-state index contributed by atoms with van der Waals surface area (Å²) < 4.78 is 27.3. The van der Waals surface area contributed by atoms with E-state index in [-0.39, 0.29) is 10.7 Å². The number of aromatic nitrogens is 1. The number of hydrogen-bond donors (Lipinski definition) is 1. The molecule has 0 unspecified atom stereocenters. The fraction of sp³-hybridized carbons (Fsp3) is 0.0833. The molecule has 0 aliphatic carbocycles.